The van der Waals surface area contributed by atoms with Crippen LogP contribution in [0.5, 0.6) is 5.75 Å². The highest BCUT2D eigenvalue weighted by molar-refractivity contribution is 6.32. The number of phenolic OH excluding ortho intramolecular Hbond substituents is 1. The Hall–Kier alpha value is -3.02. The number of halogens is 1. The van der Waals surface area contributed by atoms with Crippen LogP contribution in [0, 0.1) is 41.3 Å². The van der Waals surface area contributed by atoms with E-state index in [1.807, 2.05) is 0 Å². The lowest BCUT2D eigenvalue weighted by atomic mass is 9.52. The van der Waals surface area contributed by atoms with E-state index >= 15 is 4.39 Å². The number of amides is 1. The van der Waals surface area contributed by atoms with E-state index in [1.54, 1.807) is 0 Å². The van der Waals surface area contributed by atoms with Gasteiger partial charge in [-0.25, -0.2) is 4.39 Å². The quantitative estimate of drug-likeness (QED) is 0.442. The number of ketones is 4. The third kappa shape index (κ3) is 4.03. The molecule has 0 spiro atoms. The first-order valence-electron chi connectivity index (χ1n) is 14.5. The molecule has 1 aliphatic heterocycles. The van der Waals surface area contributed by atoms with Crippen molar-refractivity contribution >= 4 is 29.0 Å². The van der Waals surface area contributed by atoms with Crippen LogP contribution in [0.2, 0.25) is 0 Å². The number of carbonyl (C=O) groups excluding carboxylic acids is 5. The minimum absolute atomic E-state index is 0.0194. The van der Waals surface area contributed by atoms with Gasteiger partial charge in [-0.2, -0.15) is 0 Å². The van der Waals surface area contributed by atoms with Gasteiger partial charge in [0, 0.05) is 36.7 Å². The molecule has 8 atom stereocenters. The van der Waals surface area contributed by atoms with Crippen LogP contribution in [0.4, 0.5) is 4.39 Å². The molecule has 1 saturated heterocycles. The Morgan fingerprint density at radius 3 is 2.32 bits per heavy atom. The first-order chi connectivity index (χ1) is 19.4. The van der Waals surface area contributed by atoms with Crippen molar-refractivity contribution in [2.75, 3.05) is 27.2 Å². The Kier molecular flexibility index (Phi) is 6.70. The van der Waals surface area contributed by atoms with Crippen molar-refractivity contribution in [3.8, 4) is 5.75 Å². The van der Waals surface area contributed by atoms with Gasteiger partial charge >= 0.3 is 0 Å². The van der Waals surface area contributed by atoms with Gasteiger partial charge < -0.3 is 15.9 Å². The number of hydrogen-bond donors (Lipinski definition) is 3. The summed E-state index contributed by atoms with van der Waals surface area (Å²) >= 11 is 0. The van der Waals surface area contributed by atoms with Crippen LogP contribution in [0.1, 0.15) is 53.6 Å². The molecule has 1 amide bonds. The topological polar surface area (TPSA) is 158 Å². The number of Topliss-reactive ketones (excluding diaryl/α,β-unsaturated/α-hetero) is 4. The summed E-state index contributed by atoms with van der Waals surface area (Å²) in [6, 6.07) is 0.0503. The highest BCUT2D eigenvalue weighted by atomic mass is 19.1. The Morgan fingerprint density at radius 1 is 1.10 bits per heavy atom. The van der Waals surface area contributed by atoms with E-state index in [1.165, 1.54) is 37.9 Å². The van der Waals surface area contributed by atoms with Crippen LogP contribution in [0.3, 0.4) is 0 Å². The second-order valence-electron chi connectivity index (χ2n) is 13.0. The van der Waals surface area contributed by atoms with Crippen LogP contribution in [0.15, 0.2) is 6.07 Å². The predicted octanol–water partition coefficient (Wildman–Crippen LogP) is 0.628. The Labute approximate surface area is 237 Å². The lowest BCUT2D eigenvalue weighted by Crippen LogP contribution is -2.74. The van der Waals surface area contributed by atoms with Gasteiger partial charge in [0.05, 0.1) is 17.5 Å². The number of hydrogen-bond acceptors (Lipinski definition) is 9. The van der Waals surface area contributed by atoms with Crippen molar-refractivity contribution in [2.24, 2.45) is 41.2 Å². The van der Waals surface area contributed by atoms with Crippen LogP contribution in [0.25, 0.3) is 0 Å². The third-order valence-electron chi connectivity index (χ3n) is 10.5. The van der Waals surface area contributed by atoms with Crippen LogP contribution >= 0.6 is 0 Å². The zero-order valence-electron chi connectivity index (χ0n) is 23.3. The van der Waals surface area contributed by atoms with E-state index in [-0.39, 0.29) is 29.5 Å². The summed E-state index contributed by atoms with van der Waals surface area (Å²) in [5.74, 6) is -10.9. The van der Waals surface area contributed by atoms with E-state index in [0.717, 1.165) is 25.9 Å². The maximum Gasteiger partial charge on any atom is 0.235 e. The van der Waals surface area contributed by atoms with Crippen molar-refractivity contribution < 1.29 is 38.6 Å². The highest BCUT2D eigenvalue weighted by Crippen LogP contribution is 2.51. The number of rotatable bonds is 4. The lowest BCUT2D eigenvalue weighted by Gasteiger charge is -2.52. The average Bonchev–Trinajstić information content (AvgIpc) is 3.31. The number of likely N-dealkylation sites (N-methyl/N-ethyl adjacent to an activating group) is 1. The third-order valence-corrected chi connectivity index (χ3v) is 10.5. The molecule has 0 bridgehead atoms. The summed E-state index contributed by atoms with van der Waals surface area (Å²) in [7, 11) is 3.04. The zero-order chi connectivity index (χ0) is 29.5. The normalized spacial score (nSPS) is 37.0. The number of carbonyl (C=O) groups is 5. The Balaban J connectivity index is 1.36. The molecule has 4 unspecified atom stereocenters. The van der Waals surface area contributed by atoms with Gasteiger partial charge in [-0.15, -0.1) is 0 Å². The molecule has 1 heterocycles. The van der Waals surface area contributed by atoms with Crippen molar-refractivity contribution in [1.29, 1.82) is 0 Å². The van der Waals surface area contributed by atoms with Crippen molar-refractivity contribution in [3.63, 3.8) is 0 Å². The number of fused-ring (bicyclic) bond motifs is 4. The molecule has 5 aliphatic rings. The fraction of sp³-hybridized carbons (Fsp3) is 0.633. The van der Waals surface area contributed by atoms with Crippen molar-refractivity contribution in [2.45, 2.75) is 56.7 Å². The first-order valence-corrected chi connectivity index (χ1v) is 14.5. The van der Waals surface area contributed by atoms with Crippen molar-refractivity contribution in [1.82, 2.24) is 9.80 Å². The Bertz CT molecular complexity index is 1360. The molecule has 10 nitrogen and oxygen atoms in total. The van der Waals surface area contributed by atoms with Gasteiger partial charge in [0.1, 0.15) is 11.6 Å². The summed E-state index contributed by atoms with van der Waals surface area (Å²) in [5, 5.41) is 22.6. The highest BCUT2D eigenvalue weighted by Gasteiger charge is 2.69. The maximum absolute atomic E-state index is 16.1. The molecular formula is C30H36FN3O7. The fourth-order valence-corrected chi connectivity index (χ4v) is 8.70. The number of phenols is 1. The van der Waals surface area contributed by atoms with E-state index in [2.05, 4.69) is 4.90 Å². The van der Waals surface area contributed by atoms with Crippen LogP contribution in [-0.2, 0) is 32.1 Å². The van der Waals surface area contributed by atoms with E-state index < -0.39 is 75.9 Å². The summed E-state index contributed by atoms with van der Waals surface area (Å²) in [4.78, 5) is 69.8. The largest absolute Gasteiger partial charge is 0.507 e. The number of nitrogens with two attached hydrogens (primary N) is 1. The minimum atomic E-state index is -2.79. The maximum atomic E-state index is 16.1. The van der Waals surface area contributed by atoms with Crippen molar-refractivity contribution in [3.05, 3.63) is 28.6 Å². The summed E-state index contributed by atoms with van der Waals surface area (Å²) < 4.78 is 16.1. The molecule has 41 heavy (non-hydrogen) atoms. The van der Waals surface area contributed by atoms with E-state index in [0.29, 0.717) is 18.4 Å². The van der Waals surface area contributed by atoms with Gasteiger partial charge in [-0.05, 0) is 63.6 Å². The zero-order valence-corrected chi connectivity index (χ0v) is 23.3. The first kappa shape index (κ1) is 28.1. The van der Waals surface area contributed by atoms with Gasteiger partial charge in [0.25, 0.3) is 0 Å². The molecule has 1 aromatic rings. The number of nitrogens with zero attached hydrogens (tertiary/aromatic N) is 2. The van der Waals surface area contributed by atoms with Gasteiger partial charge in [0.15, 0.2) is 34.7 Å². The molecule has 4 aliphatic carbocycles. The van der Waals surface area contributed by atoms with E-state index in [4.69, 9.17) is 5.73 Å². The number of primary amides is 1. The second kappa shape index (κ2) is 9.78. The molecule has 1 aromatic carbocycles. The molecule has 6 rings (SSSR count). The van der Waals surface area contributed by atoms with Gasteiger partial charge in [-0.1, -0.05) is 12.8 Å². The summed E-state index contributed by atoms with van der Waals surface area (Å²) in [5.41, 5.74) is 2.53. The summed E-state index contributed by atoms with van der Waals surface area (Å²) in [6.45, 7) is 2.02. The number of aromatic hydroxyl groups is 1. The Morgan fingerprint density at radius 2 is 1.73 bits per heavy atom. The molecule has 0 aromatic heterocycles. The lowest BCUT2D eigenvalue weighted by molar-refractivity contribution is -0.181. The average molecular weight is 570 g/mol. The smallest absolute Gasteiger partial charge is 0.235 e. The van der Waals surface area contributed by atoms with E-state index in [9.17, 15) is 34.2 Å². The monoisotopic (exact) mass is 569 g/mol. The predicted molar refractivity (Wildman–Crippen MR) is 142 cm³/mol. The molecule has 4 fully saturated rings. The molecule has 11 heteroatoms. The molecule has 220 valence electrons. The second-order valence-corrected chi connectivity index (χ2v) is 13.0. The molecule has 3 saturated carbocycles. The number of benzene rings is 1. The standard InChI is InChI=1S/C30H36FN3O7/c1-33(2)24-18-8-15-7-17-21(25(36)20(15)27(38)30(18,41)28(39)22(26(24)37)29(32)40)19(35)9-16(23(17)31)12-34-10-13-5-3-4-6-14(13)11-34/h9,13-15,18,20,22,24,35,41H,3-8,10-12H2,1-2H3,(H2,32,40)/t13?,14?,15-,18-,20?,22?,24-,30-/m0/s1. The molecule has 0 radical (unpaired) electrons. The minimum Gasteiger partial charge on any atom is -0.507 e. The molecule has 4 N–H and O–H groups in total. The number of likely N-dealkylation sites (tertiary alicyclic amines) is 1. The summed E-state index contributed by atoms with van der Waals surface area (Å²) in [6.07, 6.45) is 4.55. The van der Waals surface area contributed by atoms with Gasteiger partial charge in [0.2, 0.25) is 5.91 Å². The SMILES string of the molecule is CN(C)[C@@H]1C(=O)C(C(N)=O)C(=O)[C@@]2(O)C(=O)C3C(=O)c4c(O)cc(CN5CC6CCCCC6C5)c(F)c4C[C@H]3C[C@@H]12. The van der Waals surface area contributed by atoms with Crippen LogP contribution in [-0.4, -0.2) is 87.9 Å². The fourth-order valence-electron chi connectivity index (χ4n) is 8.70. The van der Waals surface area contributed by atoms with Gasteiger partial charge in [-0.3, -0.25) is 33.8 Å². The van der Waals surface area contributed by atoms with Crippen LogP contribution < -0.4 is 5.73 Å². The number of aliphatic hydroxyl groups is 1. The molecular weight excluding hydrogens is 533 g/mol.